The van der Waals surface area contributed by atoms with Crippen molar-refractivity contribution in [1.29, 1.82) is 0 Å². The van der Waals surface area contributed by atoms with E-state index in [4.69, 9.17) is 0 Å². The largest absolute Gasteiger partial charge is 0.369 e. The number of benzene rings is 1. The van der Waals surface area contributed by atoms with E-state index in [0.29, 0.717) is 5.92 Å². The Labute approximate surface area is 152 Å². The van der Waals surface area contributed by atoms with E-state index in [2.05, 4.69) is 60.4 Å². The Morgan fingerprint density at radius 1 is 1.42 bits per heavy atom. The lowest BCUT2D eigenvalue weighted by Gasteiger charge is -2.45. The van der Waals surface area contributed by atoms with Crippen LogP contribution in [0.5, 0.6) is 0 Å². The van der Waals surface area contributed by atoms with Crippen molar-refractivity contribution in [3.8, 4) is 0 Å². The predicted molar refractivity (Wildman–Crippen MR) is 104 cm³/mol. The van der Waals surface area contributed by atoms with Gasteiger partial charge in [0.25, 0.3) is 0 Å². The molecule has 26 heavy (non-hydrogen) atoms. The van der Waals surface area contributed by atoms with E-state index in [1.807, 2.05) is 6.07 Å². The Morgan fingerprint density at radius 2 is 2.19 bits per heavy atom. The third-order valence-electron chi connectivity index (χ3n) is 5.02. The molecule has 3 rings (SSSR count). The third-order valence-corrected chi connectivity index (χ3v) is 5.02. The summed E-state index contributed by atoms with van der Waals surface area (Å²) >= 11 is 0. The number of rotatable bonds is 4. The van der Waals surface area contributed by atoms with Gasteiger partial charge in [-0.25, -0.2) is 4.98 Å². The number of hydrogen-bond donors (Lipinski definition) is 1. The molecule has 1 aromatic carbocycles. The summed E-state index contributed by atoms with van der Waals surface area (Å²) in [7, 11) is 2.13. The van der Waals surface area contributed by atoms with Crippen molar-refractivity contribution in [3.63, 3.8) is 0 Å². The summed E-state index contributed by atoms with van der Waals surface area (Å²) in [6.07, 6.45) is 4.23. The van der Waals surface area contributed by atoms with Crippen molar-refractivity contribution in [2.75, 3.05) is 17.4 Å². The highest BCUT2D eigenvalue weighted by atomic mass is 16.6. The fourth-order valence-electron chi connectivity index (χ4n) is 3.47. The number of anilines is 2. The van der Waals surface area contributed by atoms with E-state index in [9.17, 15) is 10.1 Å². The van der Waals surface area contributed by atoms with Crippen LogP contribution in [0.15, 0.2) is 41.6 Å². The lowest BCUT2D eigenvalue weighted by atomic mass is 9.80. The number of aromatic nitrogens is 1. The van der Waals surface area contributed by atoms with Crippen molar-refractivity contribution < 1.29 is 4.92 Å². The molecule has 0 spiro atoms. The van der Waals surface area contributed by atoms with Gasteiger partial charge in [-0.05, 0) is 55.5 Å². The maximum absolute atomic E-state index is 11.0. The molecule has 0 unspecified atom stereocenters. The van der Waals surface area contributed by atoms with Crippen LogP contribution >= 0.6 is 0 Å². The molecule has 0 aliphatic carbocycles. The summed E-state index contributed by atoms with van der Waals surface area (Å²) in [6.45, 7) is 6.75. The summed E-state index contributed by atoms with van der Waals surface area (Å²) < 4.78 is 0. The van der Waals surface area contributed by atoms with Gasteiger partial charge in [0.1, 0.15) is 0 Å². The third kappa shape index (κ3) is 3.37. The van der Waals surface area contributed by atoms with Crippen LogP contribution in [0.3, 0.4) is 0 Å². The molecular weight excluding hydrogens is 330 g/mol. The monoisotopic (exact) mass is 353 g/mol. The van der Waals surface area contributed by atoms with E-state index in [-0.39, 0.29) is 17.0 Å². The van der Waals surface area contributed by atoms with Gasteiger partial charge in [-0.1, -0.05) is 13.0 Å². The average Bonchev–Trinajstić information content (AvgIpc) is 2.60. The molecule has 136 valence electrons. The normalized spacial score (nSPS) is 18.6. The molecule has 0 amide bonds. The van der Waals surface area contributed by atoms with E-state index < -0.39 is 4.92 Å². The number of nitrogens with zero attached hydrogens (tertiary/aromatic N) is 4. The molecule has 1 atom stereocenters. The van der Waals surface area contributed by atoms with E-state index in [1.54, 1.807) is 6.21 Å². The van der Waals surface area contributed by atoms with Crippen molar-refractivity contribution in [2.24, 2.45) is 5.10 Å². The number of hydrogen-bond acceptors (Lipinski definition) is 6. The van der Waals surface area contributed by atoms with Crippen LogP contribution < -0.4 is 10.3 Å². The highest BCUT2D eigenvalue weighted by molar-refractivity contribution is 5.82. The quantitative estimate of drug-likeness (QED) is 0.507. The Balaban J connectivity index is 1.81. The minimum absolute atomic E-state index is 0.104. The van der Waals surface area contributed by atoms with Gasteiger partial charge in [-0.3, -0.25) is 15.5 Å². The van der Waals surface area contributed by atoms with E-state index in [1.165, 1.54) is 29.6 Å². The van der Waals surface area contributed by atoms with Gasteiger partial charge in [0.15, 0.2) is 0 Å². The Bertz CT molecular complexity index is 863. The minimum atomic E-state index is -0.483. The number of nitrogens with one attached hydrogen (secondary N) is 1. The van der Waals surface area contributed by atoms with Crippen molar-refractivity contribution >= 4 is 23.4 Å². The molecule has 1 N–H and O–H groups in total. The molecule has 7 heteroatoms. The first-order valence-electron chi connectivity index (χ1n) is 8.56. The summed E-state index contributed by atoms with van der Waals surface area (Å²) in [6, 6.07) is 9.15. The molecule has 0 saturated carbocycles. The highest BCUT2D eigenvalue weighted by Crippen LogP contribution is 2.42. The Kier molecular flexibility index (Phi) is 4.63. The molecule has 2 aromatic rings. The van der Waals surface area contributed by atoms with Crippen LogP contribution in [0.25, 0.3) is 0 Å². The van der Waals surface area contributed by atoms with Crippen LogP contribution in [-0.4, -0.2) is 28.7 Å². The smallest absolute Gasteiger partial charge is 0.313 e. The maximum Gasteiger partial charge on any atom is 0.313 e. The van der Waals surface area contributed by atoms with Crippen molar-refractivity contribution in [3.05, 3.63) is 57.8 Å². The van der Waals surface area contributed by atoms with Gasteiger partial charge >= 0.3 is 5.69 Å². The molecule has 0 fully saturated rings. The van der Waals surface area contributed by atoms with Gasteiger partial charge in [-0.15, -0.1) is 0 Å². The van der Waals surface area contributed by atoms with Gasteiger partial charge in [-0.2, -0.15) is 5.10 Å². The lowest BCUT2D eigenvalue weighted by molar-refractivity contribution is -0.384. The average molecular weight is 353 g/mol. The molecule has 2 heterocycles. The molecule has 0 bridgehead atoms. The van der Waals surface area contributed by atoms with E-state index in [0.717, 1.165) is 12.0 Å². The molecule has 1 aromatic heterocycles. The van der Waals surface area contributed by atoms with Gasteiger partial charge in [0.2, 0.25) is 5.82 Å². The topological polar surface area (TPSA) is 83.7 Å². The van der Waals surface area contributed by atoms with E-state index >= 15 is 0 Å². The zero-order chi connectivity index (χ0) is 18.9. The summed E-state index contributed by atoms with van der Waals surface area (Å²) in [4.78, 5) is 16.8. The second-order valence-electron chi connectivity index (χ2n) is 7.29. The number of fused-ring (bicyclic) bond motifs is 1. The van der Waals surface area contributed by atoms with Gasteiger partial charge in [0, 0.05) is 30.5 Å². The fraction of sp³-hybridized carbons (Fsp3) is 0.368. The van der Waals surface area contributed by atoms with Crippen LogP contribution in [0.1, 0.15) is 44.2 Å². The second kappa shape index (κ2) is 6.74. The molecule has 7 nitrogen and oxygen atoms in total. The fourth-order valence-corrected chi connectivity index (χ4v) is 3.47. The maximum atomic E-state index is 11.0. The zero-order valence-electron chi connectivity index (χ0n) is 15.4. The second-order valence-corrected chi connectivity index (χ2v) is 7.29. The Hall–Kier alpha value is -2.96. The summed E-state index contributed by atoms with van der Waals surface area (Å²) in [5.41, 5.74) is 6.15. The number of nitro groups is 1. The zero-order valence-corrected chi connectivity index (χ0v) is 15.4. The predicted octanol–water partition coefficient (Wildman–Crippen LogP) is 4.16. The first-order chi connectivity index (χ1) is 12.3. The minimum Gasteiger partial charge on any atom is -0.369 e. The molecule has 0 radical (unpaired) electrons. The van der Waals surface area contributed by atoms with Crippen molar-refractivity contribution in [2.45, 2.75) is 38.6 Å². The molecule has 0 saturated heterocycles. The lowest BCUT2D eigenvalue weighted by Crippen LogP contribution is -2.45. The molecule has 1 aliphatic heterocycles. The SMILES string of the molecule is C[C@@H]1CC(C)(C)N(C)c2ccc(/C=N\Nc3ncccc3[N+](=O)[O-])cc21. The van der Waals surface area contributed by atoms with Crippen LogP contribution in [0, 0.1) is 10.1 Å². The standard InChI is InChI=1S/C19H23N5O2/c1-13-11-19(2,3)23(4)16-8-7-14(10-15(13)16)12-21-22-18-17(24(25)26)6-5-9-20-18/h5-10,12-13H,11H2,1-4H3,(H,20,22)/b21-12-/t13-/m1/s1. The van der Waals surface area contributed by atoms with Crippen LogP contribution in [-0.2, 0) is 0 Å². The summed E-state index contributed by atoms with van der Waals surface area (Å²) in [5.74, 6) is 0.580. The van der Waals surface area contributed by atoms with Gasteiger partial charge < -0.3 is 4.90 Å². The van der Waals surface area contributed by atoms with Gasteiger partial charge in [0.05, 0.1) is 11.1 Å². The number of hydrazone groups is 1. The number of pyridine rings is 1. The first-order valence-corrected chi connectivity index (χ1v) is 8.56. The van der Waals surface area contributed by atoms with Crippen LogP contribution in [0.2, 0.25) is 0 Å². The Morgan fingerprint density at radius 3 is 2.92 bits per heavy atom. The highest BCUT2D eigenvalue weighted by Gasteiger charge is 2.33. The molecular formula is C19H23N5O2. The first kappa shape index (κ1) is 17.8. The summed E-state index contributed by atoms with van der Waals surface area (Å²) in [5, 5.41) is 15.1. The van der Waals surface area contributed by atoms with Crippen molar-refractivity contribution in [1.82, 2.24) is 4.98 Å². The van der Waals surface area contributed by atoms with Crippen LogP contribution in [0.4, 0.5) is 17.2 Å². The molecule has 1 aliphatic rings.